The predicted octanol–water partition coefficient (Wildman–Crippen LogP) is 1.07. The van der Waals surface area contributed by atoms with Gasteiger partial charge in [0.15, 0.2) is 0 Å². The van der Waals surface area contributed by atoms with Crippen LogP contribution in [0, 0.1) is 0 Å². The number of thioether (sulfide) groups is 1. The third kappa shape index (κ3) is 4.68. The molecule has 2 amide bonds. The van der Waals surface area contributed by atoms with Crippen molar-refractivity contribution in [2.24, 2.45) is 0 Å². The number of amides is 2. The van der Waals surface area contributed by atoms with Crippen LogP contribution >= 0.6 is 11.8 Å². The number of nitrogens with zero attached hydrogens (tertiary/aromatic N) is 2. The molecule has 1 saturated heterocycles. The van der Waals surface area contributed by atoms with E-state index in [1.165, 1.54) is 11.8 Å². The molecule has 0 unspecified atom stereocenters. The average molecular weight is 337 g/mol. The number of ether oxygens (including phenoxy) is 1. The van der Waals surface area contributed by atoms with Gasteiger partial charge in [-0.25, -0.2) is 0 Å². The van der Waals surface area contributed by atoms with Gasteiger partial charge in [-0.15, -0.1) is 11.8 Å². The van der Waals surface area contributed by atoms with Crippen molar-refractivity contribution < 1.29 is 14.3 Å². The Balaban J connectivity index is 2.06. The Morgan fingerprint density at radius 1 is 1.52 bits per heavy atom. The first-order valence-corrected chi connectivity index (χ1v) is 8.55. The second-order valence-electron chi connectivity index (χ2n) is 5.92. The first kappa shape index (κ1) is 17.7. The Bertz CT molecular complexity index is 551. The minimum atomic E-state index is -0.499. The van der Waals surface area contributed by atoms with Crippen LogP contribution in [0.25, 0.3) is 0 Å². The van der Waals surface area contributed by atoms with E-state index in [4.69, 9.17) is 4.74 Å². The number of carbonyl (C=O) groups excluding carboxylic acids is 2. The molecule has 23 heavy (non-hydrogen) atoms. The molecular weight excluding hydrogens is 314 g/mol. The van der Waals surface area contributed by atoms with E-state index in [1.54, 1.807) is 18.2 Å². The number of hydrogen-bond donors (Lipinski definition) is 1. The molecule has 1 atom stereocenters. The number of rotatable bonds is 6. The molecule has 1 aromatic rings. The van der Waals surface area contributed by atoms with Crippen molar-refractivity contribution in [1.82, 2.24) is 15.2 Å². The third-order valence-corrected chi connectivity index (χ3v) is 5.12. The summed E-state index contributed by atoms with van der Waals surface area (Å²) in [6, 6.07) is 5.11. The lowest BCUT2D eigenvalue weighted by atomic mass is 10.1. The molecule has 1 aliphatic rings. The van der Waals surface area contributed by atoms with E-state index in [0.29, 0.717) is 25.4 Å². The van der Waals surface area contributed by atoms with Crippen molar-refractivity contribution in [3.8, 4) is 0 Å². The van der Waals surface area contributed by atoms with Crippen LogP contribution in [0.1, 0.15) is 19.5 Å². The van der Waals surface area contributed by atoms with Gasteiger partial charge in [0, 0.05) is 25.6 Å². The average Bonchev–Trinajstić information content (AvgIpc) is 2.54. The van der Waals surface area contributed by atoms with E-state index in [1.807, 2.05) is 32.0 Å². The summed E-state index contributed by atoms with van der Waals surface area (Å²) in [5.41, 5.74) is 0.812. The zero-order valence-electron chi connectivity index (χ0n) is 13.7. The van der Waals surface area contributed by atoms with Crippen molar-refractivity contribution in [2.45, 2.75) is 31.2 Å². The summed E-state index contributed by atoms with van der Waals surface area (Å²) in [5, 5.41) is 2.84. The second kappa shape index (κ2) is 7.79. The minimum absolute atomic E-state index is 0.0935. The summed E-state index contributed by atoms with van der Waals surface area (Å²) in [5.74, 6) is 0.379. The predicted molar refractivity (Wildman–Crippen MR) is 90.0 cm³/mol. The highest BCUT2D eigenvalue weighted by atomic mass is 32.2. The quantitative estimate of drug-likeness (QED) is 0.841. The number of carbonyl (C=O) groups is 2. The van der Waals surface area contributed by atoms with E-state index >= 15 is 0 Å². The fourth-order valence-electron chi connectivity index (χ4n) is 2.24. The zero-order chi connectivity index (χ0) is 16.9. The summed E-state index contributed by atoms with van der Waals surface area (Å²) in [6.45, 7) is 5.04. The maximum Gasteiger partial charge on any atom is 0.246 e. The van der Waals surface area contributed by atoms with Crippen molar-refractivity contribution in [3.05, 3.63) is 30.1 Å². The number of nitrogens with one attached hydrogen (secondary N) is 1. The first-order chi connectivity index (χ1) is 10.9. The molecular formula is C16H23N3O3S. The van der Waals surface area contributed by atoms with Crippen LogP contribution < -0.4 is 5.32 Å². The zero-order valence-corrected chi connectivity index (χ0v) is 14.6. The molecule has 6 nitrogen and oxygen atoms in total. The lowest BCUT2D eigenvalue weighted by molar-refractivity contribution is -0.137. The van der Waals surface area contributed by atoms with E-state index in [0.717, 1.165) is 5.69 Å². The van der Waals surface area contributed by atoms with Gasteiger partial charge in [-0.3, -0.25) is 14.6 Å². The Kier molecular flexibility index (Phi) is 6.01. The molecule has 0 radical (unpaired) electrons. The number of methoxy groups -OCH3 is 1. The van der Waals surface area contributed by atoms with E-state index in [2.05, 4.69) is 10.3 Å². The van der Waals surface area contributed by atoms with Crippen molar-refractivity contribution in [1.29, 1.82) is 0 Å². The van der Waals surface area contributed by atoms with Gasteiger partial charge >= 0.3 is 0 Å². The van der Waals surface area contributed by atoms with Crippen LogP contribution in [0.15, 0.2) is 24.4 Å². The number of aromatic nitrogens is 1. The van der Waals surface area contributed by atoms with Gasteiger partial charge in [0.05, 0.1) is 23.6 Å². The van der Waals surface area contributed by atoms with Gasteiger partial charge in [0.1, 0.15) is 6.04 Å². The number of hydrogen-bond acceptors (Lipinski definition) is 5. The smallest absolute Gasteiger partial charge is 0.246 e. The van der Waals surface area contributed by atoms with Crippen LogP contribution in [0.5, 0.6) is 0 Å². The van der Waals surface area contributed by atoms with Crippen molar-refractivity contribution in [3.63, 3.8) is 0 Å². The van der Waals surface area contributed by atoms with Crippen molar-refractivity contribution >= 4 is 23.6 Å². The molecule has 1 aliphatic heterocycles. The van der Waals surface area contributed by atoms with Crippen LogP contribution in [-0.2, 0) is 20.9 Å². The fourth-order valence-corrected chi connectivity index (χ4v) is 3.24. The maximum absolute atomic E-state index is 12.8. The molecule has 0 spiro atoms. The summed E-state index contributed by atoms with van der Waals surface area (Å²) >= 11 is 1.51. The van der Waals surface area contributed by atoms with Gasteiger partial charge < -0.3 is 15.0 Å². The number of pyridine rings is 1. The summed E-state index contributed by atoms with van der Waals surface area (Å²) in [4.78, 5) is 30.8. The second-order valence-corrected chi connectivity index (χ2v) is 7.56. The highest BCUT2D eigenvalue weighted by Crippen LogP contribution is 2.29. The Labute approximate surface area is 141 Å². The molecule has 0 aliphatic carbocycles. The van der Waals surface area contributed by atoms with Crippen molar-refractivity contribution in [2.75, 3.05) is 26.0 Å². The Morgan fingerprint density at radius 2 is 2.30 bits per heavy atom. The topological polar surface area (TPSA) is 71.5 Å². The standard InChI is InChI=1S/C16H23N3O3S/c1-16(2)15(21)18-13(11-23-16)14(20)19(8-9-22-3)10-12-6-4-5-7-17-12/h4-7,13H,8-11H2,1-3H3,(H,18,21)/t13-/m1/s1. The summed E-state index contributed by atoms with van der Waals surface area (Å²) in [7, 11) is 1.60. The van der Waals surface area contributed by atoms with Gasteiger partial charge in [0.2, 0.25) is 11.8 Å². The Morgan fingerprint density at radius 3 is 2.91 bits per heavy atom. The first-order valence-electron chi connectivity index (χ1n) is 7.56. The monoisotopic (exact) mass is 337 g/mol. The van der Waals surface area contributed by atoms with Gasteiger partial charge in [-0.1, -0.05) is 6.07 Å². The summed E-state index contributed by atoms with van der Waals surface area (Å²) in [6.07, 6.45) is 1.70. The van der Waals surface area contributed by atoms with Crippen LogP contribution in [0.2, 0.25) is 0 Å². The van der Waals surface area contributed by atoms with E-state index < -0.39 is 10.8 Å². The molecule has 2 rings (SSSR count). The van der Waals surface area contributed by atoms with Gasteiger partial charge in [-0.2, -0.15) is 0 Å². The molecule has 1 fully saturated rings. The third-order valence-electron chi connectivity index (χ3n) is 3.72. The maximum atomic E-state index is 12.8. The van der Waals surface area contributed by atoms with E-state index in [-0.39, 0.29) is 11.8 Å². The molecule has 1 N–H and O–H groups in total. The van der Waals surface area contributed by atoms with Gasteiger partial charge in [0.25, 0.3) is 0 Å². The molecule has 0 aromatic carbocycles. The van der Waals surface area contributed by atoms with Crippen LogP contribution in [-0.4, -0.2) is 58.5 Å². The molecule has 1 aromatic heterocycles. The molecule has 126 valence electrons. The Hall–Kier alpha value is -1.60. The highest BCUT2D eigenvalue weighted by molar-refractivity contribution is 8.01. The molecule has 2 heterocycles. The normalized spacial score (nSPS) is 20.0. The largest absolute Gasteiger partial charge is 0.383 e. The minimum Gasteiger partial charge on any atom is -0.383 e. The highest BCUT2D eigenvalue weighted by Gasteiger charge is 2.39. The van der Waals surface area contributed by atoms with E-state index in [9.17, 15) is 9.59 Å². The van der Waals surface area contributed by atoms with Crippen LogP contribution in [0.4, 0.5) is 0 Å². The fraction of sp³-hybridized carbons (Fsp3) is 0.562. The molecule has 0 bridgehead atoms. The lowest BCUT2D eigenvalue weighted by Gasteiger charge is -2.35. The van der Waals surface area contributed by atoms with Crippen LogP contribution in [0.3, 0.4) is 0 Å². The molecule has 0 saturated carbocycles. The molecule has 7 heteroatoms. The SMILES string of the molecule is COCCN(Cc1ccccn1)C(=O)[C@H]1CSC(C)(C)C(=O)N1. The summed E-state index contributed by atoms with van der Waals surface area (Å²) < 4.78 is 4.60. The lowest BCUT2D eigenvalue weighted by Crippen LogP contribution is -2.58. The van der Waals surface area contributed by atoms with Gasteiger partial charge in [-0.05, 0) is 26.0 Å².